The van der Waals surface area contributed by atoms with Crippen molar-refractivity contribution in [3.8, 4) is 0 Å². The number of carbonyl (C=O) groups excluding carboxylic acids is 1. The van der Waals surface area contributed by atoms with Crippen molar-refractivity contribution < 1.29 is 4.79 Å². The second-order valence-electron chi connectivity index (χ2n) is 8.22. The maximum absolute atomic E-state index is 12.1. The standard InChI is InChI=1S/C19H33N5O/c1-15(2)12-20-19(25)18-14-24(22-21-18)17-8-10-23(11-9-17)13-16-6-4-3-5-7-16/h14-17H,3-13H2,1-2H3,(H,20,25). The number of piperidine rings is 1. The van der Waals surface area contributed by atoms with Crippen molar-refractivity contribution in [1.29, 1.82) is 0 Å². The van der Waals surface area contributed by atoms with Gasteiger partial charge >= 0.3 is 0 Å². The van der Waals surface area contributed by atoms with E-state index in [1.165, 1.54) is 38.6 Å². The molecule has 0 aromatic carbocycles. The zero-order valence-corrected chi connectivity index (χ0v) is 15.8. The number of amides is 1. The van der Waals surface area contributed by atoms with Crippen LogP contribution in [-0.4, -0.2) is 52.0 Å². The Balaban J connectivity index is 1.45. The fourth-order valence-corrected chi connectivity index (χ4v) is 4.05. The Hall–Kier alpha value is -1.43. The molecule has 25 heavy (non-hydrogen) atoms. The van der Waals surface area contributed by atoms with Crippen molar-refractivity contribution >= 4 is 5.91 Å². The highest BCUT2D eigenvalue weighted by molar-refractivity contribution is 5.91. The summed E-state index contributed by atoms with van der Waals surface area (Å²) in [4.78, 5) is 14.7. The third-order valence-electron chi connectivity index (χ3n) is 5.59. The molecule has 1 aromatic rings. The van der Waals surface area contributed by atoms with Gasteiger partial charge in [0.2, 0.25) is 0 Å². The third-order valence-corrected chi connectivity index (χ3v) is 5.59. The Morgan fingerprint density at radius 3 is 2.60 bits per heavy atom. The first-order chi connectivity index (χ1) is 12.1. The lowest BCUT2D eigenvalue weighted by molar-refractivity contribution is 0.0944. The zero-order valence-electron chi connectivity index (χ0n) is 15.8. The molecular weight excluding hydrogens is 314 g/mol. The fraction of sp³-hybridized carbons (Fsp3) is 0.842. The minimum atomic E-state index is -0.116. The van der Waals surface area contributed by atoms with Crippen molar-refractivity contribution in [1.82, 2.24) is 25.2 Å². The molecule has 2 fully saturated rings. The molecule has 0 spiro atoms. The molecule has 1 aliphatic heterocycles. The van der Waals surface area contributed by atoms with E-state index in [0.717, 1.165) is 31.8 Å². The van der Waals surface area contributed by atoms with Crippen LogP contribution in [0.2, 0.25) is 0 Å². The number of nitrogens with one attached hydrogen (secondary N) is 1. The second kappa shape index (κ2) is 8.79. The summed E-state index contributed by atoms with van der Waals surface area (Å²) in [6, 6.07) is 0.377. The first kappa shape index (κ1) is 18.4. The van der Waals surface area contributed by atoms with Gasteiger partial charge in [-0.05, 0) is 37.5 Å². The molecule has 1 aliphatic carbocycles. The van der Waals surface area contributed by atoms with Crippen LogP contribution < -0.4 is 5.32 Å². The Bertz CT molecular complexity index is 542. The number of carbonyl (C=O) groups is 1. The average molecular weight is 348 g/mol. The lowest BCUT2D eigenvalue weighted by Crippen LogP contribution is -2.38. The van der Waals surface area contributed by atoms with Crippen molar-refractivity contribution in [3.63, 3.8) is 0 Å². The van der Waals surface area contributed by atoms with Crippen LogP contribution in [0.1, 0.15) is 75.3 Å². The molecule has 140 valence electrons. The second-order valence-corrected chi connectivity index (χ2v) is 8.22. The molecule has 1 amide bonds. The molecule has 0 atom stereocenters. The molecule has 6 heteroatoms. The topological polar surface area (TPSA) is 63.1 Å². The molecule has 2 aliphatic rings. The Morgan fingerprint density at radius 1 is 1.20 bits per heavy atom. The lowest BCUT2D eigenvalue weighted by Gasteiger charge is -2.35. The van der Waals surface area contributed by atoms with Crippen molar-refractivity contribution in [3.05, 3.63) is 11.9 Å². The van der Waals surface area contributed by atoms with Gasteiger partial charge in [0.15, 0.2) is 5.69 Å². The van der Waals surface area contributed by atoms with Crippen LogP contribution in [0.4, 0.5) is 0 Å². The first-order valence-corrected chi connectivity index (χ1v) is 10.0. The van der Waals surface area contributed by atoms with Crippen LogP contribution >= 0.6 is 0 Å². The van der Waals surface area contributed by atoms with Gasteiger partial charge in [-0.25, -0.2) is 4.68 Å². The van der Waals surface area contributed by atoms with E-state index in [9.17, 15) is 4.79 Å². The maximum Gasteiger partial charge on any atom is 0.273 e. The SMILES string of the molecule is CC(C)CNC(=O)c1cn(C2CCN(CC3CCCCC3)CC2)nn1. The van der Waals surface area contributed by atoms with Crippen LogP contribution in [0.3, 0.4) is 0 Å². The molecule has 0 bridgehead atoms. The van der Waals surface area contributed by atoms with E-state index in [2.05, 4.69) is 34.4 Å². The Morgan fingerprint density at radius 2 is 1.92 bits per heavy atom. The smallest absolute Gasteiger partial charge is 0.273 e. The fourth-order valence-electron chi connectivity index (χ4n) is 4.05. The largest absolute Gasteiger partial charge is 0.350 e. The molecule has 0 radical (unpaired) electrons. The van der Waals surface area contributed by atoms with E-state index < -0.39 is 0 Å². The van der Waals surface area contributed by atoms with Gasteiger partial charge in [-0.3, -0.25) is 4.79 Å². The highest BCUT2D eigenvalue weighted by Crippen LogP contribution is 2.27. The predicted octanol–water partition coefficient (Wildman–Crippen LogP) is 2.88. The summed E-state index contributed by atoms with van der Waals surface area (Å²) in [6.07, 6.45) is 11.1. The number of likely N-dealkylation sites (tertiary alicyclic amines) is 1. The van der Waals surface area contributed by atoms with Crippen LogP contribution in [0, 0.1) is 11.8 Å². The van der Waals surface area contributed by atoms with Crippen LogP contribution in [0.5, 0.6) is 0 Å². The monoisotopic (exact) mass is 347 g/mol. The normalized spacial score (nSPS) is 20.9. The van der Waals surface area contributed by atoms with Crippen LogP contribution in [0.25, 0.3) is 0 Å². The average Bonchev–Trinajstić information content (AvgIpc) is 3.11. The summed E-state index contributed by atoms with van der Waals surface area (Å²) >= 11 is 0. The van der Waals surface area contributed by atoms with E-state index in [0.29, 0.717) is 24.2 Å². The van der Waals surface area contributed by atoms with Gasteiger partial charge < -0.3 is 10.2 Å². The zero-order chi connectivity index (χ0) is 17.6. The number of rotatable bonds is 6. The molecule has 6 nitrogen and oxygen atoms in total. The number of aromatic nitrogens is 3. The van der Waals surface area contributed by atoms with Crippen molar-refractivity contribution in [2.24, 2.45) is 11.8 Å². The summed E-state index contributed by atoms with van der Waals surface area (Å²) in [5.41, 5.74) is 0.435. The Labute approximate surface area is 151 Å². The van der Waals surface area contributed by atoms with E-state index in [-0.39, 0.29) is 5.91 Å². The van der Waals surface area contributed by atoms with Gasteiger partial charge in [0, 0.05) is 26.2 Å². The number of nitrogens with zero attached hydrogens (tertiary/aromatic N) is 4. The van der Waals surface area contributed by atoms with Gasteiger partial charge in [-0.15, -0.1) is 5.10 Å². The van der Waals surface area contributed by atoms with Gasteiger partial charge in [0.05, 0.1) is 12.2 Å². The molecule has 1 aromatic heterocycles. The molecule has 0 unspecified atom stereocenters. The minimum absolute atomic E-state index is 0.116. The minimum Gasteiger partial charge on any atom is -0.350 e. The Kier molecular flexibility index (Phi) is 6.45. The number of hydrogen-bond donors (Lipinski definition) is 1. The molecule has 1 saturated carbocycles. The maximum atomic E-state index is 12.1. The van der Waals surface area contributed by atoms with Crippen molar-refractivity contribution in [2.75, 3.05) is 26.2 Å². The van der Waals surface area contributed by atoms with E-state index in [4.69, 9.17) is 0 Å². The van der Waals surface area contributed by atoms with Gasteiger partial charge in [-0.2, -0.15) is 0 Å². The summed E-state index contributed by atoms with van der Waals surface area (Å²) in [5.74, 6) is 1.23. The van der Waals surface area contributed by atoms with Crippen LogP contribution in [-0.2, 0) is 0 Å². The molecule has 3 rings (SSSR count). The van der Waals surface area contributed by atoms with Crippen LogP contribution in [0.15, 0.2) is 6.20 Å². The summed E-state index contributed by atoms with van der Waals surface area (Å²) in [6.45, 7) is 8.38. The summed E-state index contributed by atoms with van der Waals surface area (Å²) in [7, 11) is 0. The van der Waals surface area contributed by atoms with E-state index >= 15 is 0 Å². The van der Waals surface area contributed by atoms with Crippen molar-refractivity contribution in [2.45, 2.75) is 64.8 Å². The highest BCUT2D eigenvalue weighted by Gasteiger charge is 2.25. The van der Waals surface area contributed by atoms with Gasteiger partial charge in [0.25, 0.3) is 5.91 Å². The third kappa shape index (κ3) is 5.27. The number of hydrogen-bond acceptors (Lipinski definition) is 4. The molecule has 1 saturated heterocycles. The van der Waals surface area contributed by atoms with Gasteiger partial charge in [0.1, 0.15) is 0 Å². The quantitative estimate of drug-likeness (QED) is 0.859. The lowest BCUT2D eigenvalue weighted by atomic mass is 9.88. The highest BCUT2D eigenvalue weighted by atomic mass is 16.2. The molecular formula is C19H33N5O. The predicted molar refractivity (Wildman–Crippen MR) is 98.5 cm³/mol. The van der Waals surface area contributed by atoms with E-state index in [1.807, 2.05) is 10.9 Å². The van der Waals surface area contributed by atoms with Gasteiger partial charge in [-0.1, -0.05) is 38.3 Å². The first-order valence-electron chi connectivity index (χ1n) is 10.0. The summed E-state index contributed by atoms with van der Waals surface area (Å²) < 4.78 is 1.90. The summed E-state index contributed by atoms with van der Waals surface area (Å²) in [5, 5.41) is 11.2. The molecule has 2 heterocycles. The molecule has 1 N–H and O–H groups in total. The van der Waals surface area contributed by atoms with E-state index in [1.54, 1.807) is 0 Å².